The molecule has 0 aliphatic heterocycles. The maximum atomic E-state index is 6.21. The Morgan fingerprint density at radius 3 is 2.06 bits per heavy atom. The van der Waals surface area contributed by atoms with Crippen LogP contribution in [0.3, 0.4) is 0 Å². The van der Waals surface area contributed by atoms with Gasteiger partial charge in [0.2, 0.25) is 0 Å². The molecule has 1 atom stereocenters. The minimum absolute atomic E-state index is 0.433. The number of likely N-dealkylation sites (N-methyl/N-ethyl adjacent to an activating group) is 1. The Balaban J connectivity index is 2.87. The highest BCUT2D eigenvalue weighted by molar-refractivity contribution is 6.35. The molecule has 1 aromatic rings. The van der Waals surface area contributed by atoms with Gasteiger partial charge >= 0.3 is 0 Å². The molecule has 3 heteroatoms. The summed E-state index contributed by atoms with van der Waals surface area (Å²) >= 11 is 12.4. The summed E-state index contributed by atoms with van der Waals surface area (Å²) in [4.78, 5) is 0. The molecule has 0 aliphatic rings. The van der Waals surface area contributed by atoms with Crippen LogP contribution in [0.1, 0.15) is 32.3 Å². The van der Waals surface area contributed by atoms with Gasteiger partial charge in [-0.25, -0.2) is 0 Å². The molecule has 0 saturated heterocycles. The summed E-state index contributed by atoms with van der Waals surface area (Å²) < 4.78 is 0. The van der Waals surface area contributed by atoms with Crippen molar-refractivity contribution in [3.8, 4) is 0 Å². The lowest BCUT2D eigenvalue weighted by Crippen LogP contribution is -2.35. The zero-order chi connectivity index (χ0) is 12.8. The Hall–Kier alpha value is -0.240. The SMILES string of the molecule is CCC(CC)C(Cc1c(Cl)cccc1Cl)NC. The van der Waals surface area contributed by atoms with Gasteiger partial charge in [-0.05, 0) is 37.1 Å². The number of rotatable bonds is 6. The van der Waals surface area contributed by atoms with Gasteiger partial charge in [-0.2, -0.15) is 0 Å². The molecular weight excluding hydrogens is 253 g/mol. The largest absolute Gasteiger partial charge is 0.316 e. The molecule has 1 unspecified atom stereocenters. The van der Waals surface area contributed by atoms with Crippen LogP contribution in [-0.4, -0.2) is 13.1 Å². The van der Waals surface area contributed by atoms with E-state index in [1.807, 2.05) is 25.2 Å². The first-order valence-electron chi connectivity index (χ1n) is 6.24. The van der Waals surface area contributed by atoms with Gasteiger partial charge in [0, 0.05) is 16.1 Å². The first-order chi connectivity index (χ1) is 8.13. The summed E-state index contributed by atoms with van der Waals surface area (Å²) in [5.41, 5.74) is 1.06. The predicted octanol–water partition coefficient (Wildman–Crippen LogP) is 4.56. The fourth-order valence-electron chi connectivity index (χ4n) is 2.31. The number of halogens is 2. The average molecular weight is 274 g/mol. The van der Waals surface area contributed by atoms with Crippen molar-refractivity contribution < 1.29 is 0 Å². The van der Waals surface area contributed by atoms with Crippen LogP contribution in [0.5, 0.6) is 0 Å². The molecule has 0 radical (unpaired) electrons. The molecule has 0 bridgehead atoms. The molecule has 0 amide bonds. The molecule has 1 nitrogen and oxygen atoms in total. The lowest BCUT2D eigenvalue weighted by atomic mass is 9.89. The maximum Gasteiger partial charge on any atom is 0.0453 e. The van der Waals surface area contributed by atoms with E-state index in [1.165, 1.54) is 12.8 Å². The zero-order valence-corrected chi connectivity index (χ0v) is 12.3. The molecule has 0 fully saturated rings. The number of nitrogens with one attached hydrogen (secondary N) is 1. The van der Waals surface area contributed by atoms with Crippen LogP contribution in [0, 0.1) is 5.92 Å². The molecule has 17 heavy (non-hydrogen) atoms. The second-order valence-electron chi connectivity index (χ2n) is 4.38. The molecule has 0 saturated carbocycles. The summed E-state index contributed by atoms with van der Waals surface area (Å²) in [7, 11) is 2.01. The monoisotopic (exact) mass is 273 g/mol. The third-order valence-electron chi connectivity index (χ3n) is 3.47. The van der Waals surface area contributed by atoms with Gasteiger partial charge < -0.3 is 5.32 Å². The summed E-state index contributed by atoms with van der Waals surface area (Å²) in [5.74, 6) is 0.660. The van der Waals surface area contributed by atoms with Gasteiger partial charge in [0.05, 0.1) is 0 Å². The van der Waals surface area contributed by atoms with Crippen molar-refractivity contribution in [2.24, 2.45) is 5.92 Å². The van der Waals surface area contributed by atoms with Crippen LogP contribution >= 0.6 is 23.2 Å². The van der Waals surface area contributed by atoms with E-state index in [-0.39, 0.29) is 0 Å². The Labute approximate surface area is 115 Å². The minimum Gasteiger partial charge on any atom is -0.316 e. The van der Waals surface area contributed by atoms with Gasteiger partial charge in [-0.15, -0.1) is 0 Å². The molecule has 1 aromatic carbocycles. The van der Waals surface area contributed by atoms with Crippen LogP contribution < -0.4 is 5.32 Å². The molecule has 0 aliphatic carbocycles. The van der Waals surface area contributed by atoms with E-state index in [1.54, 1.807) is 0 Å². The summed E-state index contributed by atoms with van der Waals surface area (Å²) in [6, 6.07) is 6.13. The van der Waals surface area contributed by atoms with Crippen molar-refractivity contribution in [2.75, 3.05) is 7.05 Å². The van der Waals surface area contributed by atoms with Gasteiger partial charge in [-0.1, -0.05) is 56.0 Å². The standard InChI is InChI=1S/C14H21Cl2N/c1-4-10(5-2)14(17-3)9-11-12(15)7-6-8-13(11)16/h6-8,10,14,17H,4-5,9H2,1-3H3. The number of hydrogen-bond donors (Lipinski definition) is 1. The van der Waals surface area contributed by atoms with Crippen molar-refractivity contribution in [3.63, 3.8) is 0 Å². The topological polar surface area (TPSA) is 12.0 Å². The fraction of sp³-hybridized carbons (Fsp3) is 0.571. The minimum atomic E-state index is 0.433. The first kappa shape index (κ1) is 14.8. The third-order valence-corrected chi connectivity index (χ3v) is 4.18. The van der Waals surface area contributed by atoms with Gasteiger partial charge in [0.15, 0.2) is 0 Å². The second kappa shape index (κ2) is 7.25. The summed E-state index contributed by atoms with van der Waals surface area (Å²) in [6.07, 6.45) is 3.23. The highest BCUT2D eigenvalue weighted by Gasteiger charge is 2.19. The quantitative estimate of drug-likeness (QED) is 0.801. The second-order valence-corrected chi connectivity index (χ2v) is 5.19. The summed E-state index contributed by atoms with van der Waals surface area (Å²) in [6.45, 7) is 4.46. The maximum absolute atomic E-state index is 6.21. The Bertz CT molecular complexity index is 328. The highest BCUT2D eigenvalue weighted by Crippen LogP contribution is 2.27. The molecule has 1 rings (SSSR count). The molecule has 0 heterocycles. The molecule has 1 N–H and O–H groups in total. The Morgan fingerprint density at radius 2 is 1.65 bits per heavy atom. The van der Waals surface area contributed by atoms with Crippen molar-refractivity contribution >= 4 is 23.2 Å². The Kier molecular flexibility index (Phi) is 6.32. The third kappa shape index (κ3) is 3.87. The lowest BCUT2D eigenvalue weighted by Gasteiger charge is -2.25. The van der Waals surface area contributed by atoms with E-state index >= 15 is 0 Å². The van der Waals surface area contributed by atoms with E-state index in [2.05, 4.69) is 19.2 Å². The highest BCUT2D eigenvalue weighted by atomic mass is 35.5. The first-order valence-corrected chi connectivity index (χ1v) is 6.99. The van der Waals surface area contributed by atoms with Crippen molar-refractivity contribution in [2.45, 2.75) is 39.2 Å². The van der Waals surface area contributed by atoms with Gasteiger partial charge in [0.1, 0.15) is 0 Å². The number of hydrogen-bond acceptors (Lipinski definition) is 1. The van der Waals surface area contributed by atoms with E-state index in [9.17, 15) is 0 Å². The molecule has 0 aromatic heterocycles. The number of benzene rings is 1. The zero-order valence-electron chi connectivity index (χ0n) is 10.8. The van der Waals surface area contributed by atoms with Crippen LogP contribution in [0.15, 0.2) is 18.2 Å². The van der Waals surface area contributed by atoms with Crippen molar-refractivity contribution in [1.82, 2.24) is 5.32 Å². The molecular formula is C14H21Cl2N. The van der Waals surface area contributed by atoms with E-state index in [0.717, 1.165) is 22.0 Å². The average Bonchev–Trinajstić information content (AvgIpc) is 2.33. The fourth-order valence-corrected chi connectivity index (χ4v) is 2.86. The van der Waals surface area contributed by atoms with Crippen LogP contribution in [0.4, 0.5) is 0 Å². The van der Waals surface area contributed by atoms with E-state index < -0.39 is 0 Å². The van der Waals surface area contributed by atoms with Gasteiger partial charge in [0.25, 0.3) is 0 Å². The smallest absolute Gasteiger partial charge is 0.0453 e. The van der Waals surface area contributed by atoms with Crippen molar-refractivity contribution in [1.29, 1.82) is 0 Å². The van der Waals surface area contributed by atoms with Crippen molar-refractivity contribution in [3.05, 3.63) is 33.8 Å². The predicted molar refractivity (Wildman–Crippen MR) is 77.1 cm³/mol. The van der Waals surface area contributed by atoms with Gasteiger partial charge in [-0.3, -0.25) is 0 Å². The molecule has 0 spiro atoms. The summed E-state index contributed by atoms with van der Waals surface area (Å²) in [5, 5.41) is 4.92. The normalized spacial score (nSPS) is 13.1. The van der Waals surface area contributed by atoms with Crippen LogP contribution in [-0.2, 0) is 6.42 Å². The van der Waals surface area contributed by atoms with Crippen LogP contribution in [0.2, 0.25) is 10.0 Å². The Morgan fingerprint density at radius 1 is 1.12 bits per heavy atom. The molecule has 96 valence electrons. The van der Waals surface area contributed by atoms with Crippen LogP contribution in [0.25, 0.3) is 0 Å². The van der Waals surface area contributed by atoms with E-state index in [4.69, 9.17) is 23.2 Å². The lowest BCUT2D eigenvalue weighted by molar-refractivity contribution is 0.349. The van der Waals surface area contributed by atoms with E-state index in [0.29, 0.717) is 12.0 Å².